The SMILES string of the molecule is CC1Cc2cc(C(=O)NCCc3ccc(S(=O)(=O)N4CCCC4)cc3)ccc2N1S(=O)(=O)c1ccccc1. The van der Waals surface area contributed by atoms with E-state index >= 15 is 0 Å². The average molecular weight is 554 g/mol. The van der Waals surface area contributed by atoms with Gasteiger partial charge in [0.25, 0.3) is 15.9 Å². The van der Waals surface area contributed by atoms with Crippen molar-refractivity contribution in [2.75, 3.05) is 23.9 Å². The minimum Gasteiger partial charge on any atom is -0.352 e. The summed E-state index contributed by atoms with van der Waals surface area (Å²) in [5.74, 6) is -0.238. The Labute approximate surface area is 224 Å². The van der Waals surface area contributed by atoms with Gasteiger partial charge in [0.15, 0.2) is 0 Å². The van der Waals surface area contributed by atoms with Gasteiger partial charge in [-0.05, 0) is 86.2 Å². The number of fused-ring (bicyclic) bond motifs is 1. The van der Waals surface area contributed by atoms with Crippen molar-refractivity contribution in [1.29, 1.82) is 0 Å². The number of nitrogens with one attached hydrogen (secondary N) is 1. The molecule has 0 radical (unpaired) electrons. The van der Waals surface area contributed by atoms with E-state index in [0.29, 0.717) is 48.6 Å². The van der Waals surface area contributed by atoms with Crippen LogP contribution < -0.4 is 9.62 Å². The highest BCUT2D eigenvalue weighted by atomic mass is 32.2. The van der Waals surface area contributed by atoms with E-state index in [1.54, 1.807) is 72.8 Å². The van der Waals surface area contributed by atoms with E-state index in [2.05, 4.69) is 5.32 Å². The van der Waals surface area contributed by atoms with Crippen molar-refractivity contribution in [3.63, 3.8) is 0 Å². The highest BCUT2D eigenvalue weighted by Crippen LogP contribution is 2.37. The first-order valence-electron chi connectivity index (χ1n) is 12.8. The first-order valence-corrected chi connectivity index (χ1v) is 15.7. The van der Waals surface area contributed by atoms with Gasteiger partial charge in [0.05, 0.1) is 15.5 Å². The van der Waals surface area contributed by atoms with Gasteiger partial charge in [-0.25, -0.2) is 16.8 Å². The largest absolute Gasteiger partial charge is 0.352 e. The number of rotatable bonds is 8. The second kappa shape index (κ2) is 10.5. The normalized spacial score (nSPS) is 17.9. The number of hydrogen-bond acceptors (Lipinski definition) is 5. The number of hydrogen-bond donors (Lipinski definition) is 1. The molecule has 0 spiro atoms. The van der Waals surface area contributed by atoms with Crippen LogP contribution in [0.4, 0.5) is 5.69 Å². The summed E-state index contributed by atoms with van der Waals surface area (Å²) >= 11 is 0. The number of carbonyl (C=O) groups excluding carboxylic acids is 1. The van der Waals surface area contributed by atoms with E-state index in [0.717, 1.165) is 24.0 Å². The van der Waals surface area contributed by atoms with Gasteiger partial charge in [0.2, 0.25) is 10.0 Å². The third-order valence-electron chi connectivity index (χ3n) is 7.12. The first kappa shape index (κ1) is 26.4. The zero-order valence-corrected chi connectivity index (χ0v) is 22.8. The van der Waals surface area contributed by atoms with Gasteiger partial charge in [-0.2, -0.15) is 4.31 Å². The maximum Gasteiger partial charge on any atom is 0.264 e. The Morgan fingerprint density at radius 2 is 1.53 bits per heavy atom. The second-order valence-electron chi connectivity index (χ2n) is 9.77. The maximum absolute atomic E-state index is 13.3. The van der Waals surface area contributed by atoms with Crippen molar-refractivity contribution >= 4 is 31.6 Å². The molecule has 5 rings (SSSR count). The Morgan fingerprint density at radius 1 is 0.868 bits per heavy atom. The predicted molar refractivity (Wildman–Crippen MR) is 146 cm³/mol. The van der Waals surface area contributed by atoms with Crippen LogP contribution in [0, 0.1) is 0 Å². The third-order valence-corrected chi connectivity index (χ3v) is 11.0. The number of nitrogens with zero attached hydrogens (tertiary/aromatic N) is 2. The van der Waals surface area contributed by atoms with Crippen LogP contribution in [0.3, 0.4) is 0 Å². The number of sulfonamides is 2. The fourth-order valence-electron chi connectivity index (χ4n) is 5.14. The number of amides is 1. The van der Waals surface area contributed by atoms with E-state index in [-0.39, 0.29) is 16.8 Å². The zero-order valence-electron chi connectivity index (χ0n) is 21.2. The minimum absolute atomic E-state index is 0.238. The predicted octanol–water partition coefficient (Wildman–Crippen LogP) is 3.58. The van der Waals surface area contributed by atoms with Crippen LogP contribution in [-0.2, 0) is 32.9 Å². The fourth-order valence-corrected chi connectivity index (χ4v) is 8.37. The summed E-state index contributed by atoms with van der Waals surface area (Å²) in [6.07, 6.45) is 2.87. The molecule has 0 saturated carbocycles. The molecule has 3 aromatic rings. The lowest BCUT2D eigenvalue weighted by Gasteiger charge is -2.24. The van der Waals surface area contributed by atoms with E-state index in [1.807, 2.05) is 6.92 Å². The molecule has 2 aliphatic rings. The van der Waals surface area contributed by atoms with E-state index in [1.165, 1.54) is 8.61 Å². The molecule has 8 nitrogen and oxygen atoms in total. The van der Waals surface area contributed by atoms with Crippen molar-refractivity contribution in [3.8, 4) is 0 Å². The molecule has 1 fully saturated rings. The summed E-state index contributed by atoms with van der Waals surface area (Å²) in [5.41, 5.74) is 2.82. The highest BCUT2D eigenvalue weighted by molar-refractivity contribution is 7.93. The topological polar surface area (TPSA) is 104 Å². The molecule has 1 atom stereocenters. The summed E-state index contributed by atoms with van der Waals surface area (Å²) in [6, 6.07) is 20.0. The number of benzene rings is 3. The lowest BCUT2D eigenvalue weighted by molar-refractivity contribution is 0.0954. The molecule has 0 aliphatic carbocycles. The van der Waals surface area contributed by atoms with Crippen LogP contribution in [0.25, 0.3) is 0 Å². The monoisotopic (exact) mass is 553 g/mol. The Kier molecular flexibility index (Phi) is 7.30. The smallest absolute Gasteiger partial charge is 0.264 e. The minimum atomic E-state index is -3.70. The molecule has 0 aromatic heterocycles. The highest BCUT2D eigenvalue weighted by Gasteiger charge is 2.36. The van der Waals surface area contributed by atoms with Gasteiger partial charge in [-0.3, -0.25) is 9.10 Å². The van der Waals surface area contributed by atoms with E-state index < -0.39 is 20.0 Å². The third kappa shape index (κ3) is 5.08. The quantitative estimate of drug-likeness (QED) is 0.459. The summed E-state index contributed by atoms with van der Waals surface area (Å²) in [7, 11) is -7.15. The molecule has 1 unspecified atom stereocenters. The molecule has 38 heavy (non-hydrogen) atoms. The van der Waals surface area contributed by atoms with Crippen LogP contribution >= 0.6 is 0 Å². The summed E-state index contributed by atoms with van der Waals surface area (Å²) in [5, 5.41) is 2.91. The first-order chi connectivity index (χ1) is 18.2. The van der Waals surface area contributed by atoms with Gasteiger partial charge in [0.1, 0.15) is 0 Å². The zero-order chi connectivity index (χ0) is 26.9. The van der Waals surface area contributed by atoms with Gasteiger partial charge >= 0.3 is 0 Å². The average Bonchev–Trinajstić information content (AvgIpc) is 3.57. The summed E-state index contributed by atoms with van der Waals surface area (Å²) in [6.45, 7) is 3.39. The Hall–Kier alpha value is -3.21. The standard InChI is InChI=1S/C28H31N3O5S2/c1-21-19-24-20-23(11-14-27(24)31(21)38(35,36)25-7-3-2-4-8-25)28(32)29-16-15-22-9-12-26(13-10-22)37(33,34)30-17-5-6-18-30/h2-4,7-14,20-21H,5-6,15-19H2,1H3,(H,29,32). The number of anilines is 1. The molecular formula is C28H31N3O5S2. The van der Waals surface area contributed by atoms with Gasteiger partial charge in [-0.15, -0.1) is 0 Å². The lowest BCUT2D eigenvalue weighted by Crippen LogP contribution is -2.35. The lowest BCUT2D eigenvalue weighted by atomic mass is 10.1. The van der Waals surface area contributed by atoms with Crippen molar-refractivity contribution in [3.05, 3.63) is 89.5 Å². The molecular weight excluding hydrogens is 522 g/mol. The van der Waals surface area contributed by atoms with Crippen LogP contribution in [0.15, 0.2) is 82.6 Å². The molecule has 200 valence electrons. The molecule has 1 saturated heterocycles. The van der Waals surface area contributed by atoms with Crippen molar-refractivity contribution in [1.82, 2.24) is 9.62 Å². The molecule has 1 amide bonds. The molecule has 0 bridgehead atoms. The summed E-state index contributed by atoms with van der Waals surface area (Å²) in [4.78, 5) is 13.4. The molecule has 2 aliphatic heterocycles. The van der Waals surface area contributed by atoms with Gasteiger partial charge in [-0.1, -0.05) is 30.3 Å². The molecule has 10 heteroatoms. The number of carbonyl (C=O) groups is 1. The van der Waals surface area contributed by atoms with Crippen LogP contribution in [0.5, 0.6) is 0 Å². The van der Waals surface area contributed by atoms with E-state index in [9.17, 15) is 21.6 Å². The van der Waals surface area contributed by atoms with Crippen molar-refractivity contribution in [2.45, 2.75) is 48.4 Å². The second-order valence-corrected chi connectivity index (χ2v) is 13.5. The van der Waals surface area contributed by atoms with Crippen molar-refractivity contribution in [2.24, 2.45) is 0 Å². The van der Waals surface area contributed by atoms with Gasteiger partial charge < -0.3 is 5.32 Å². The van der Waals surface area contributed by atoms with Gasteiger partial charge in [0, 0.05) is 31.2 Å². The molecule has 3 aromatic carbocycles. The van der Waals surface area contributed by atoms with E-state index in [4.69, 9.17) is 0 Å². The maximum atomic E-state index is 13.3. The summed E-state index contributed by atoms with van der Waals surface area (Å²) < 4.78 is 54.8. The molecule has 2 heterocycles. The van der Waals surface area contributed by atoms with Crippen molar-refractivity contribution < 1.29 is 21.6 Å². The van der Waals surface area contributed by atoms with Crippen LogP contribution in [0.1, 0.15) is 41.3 Å². The Bertz CT molecular complexity index is 1530. The van der Waals surface area contributed by atoms with Crippen LogP contribution in [-0.4, -0.2) is 52.7 Å². The molecule has 1 N–H and O–H groups in total. The Balaban J connectivity index is 1.21. The Morgan fingerprint density at radius 3 is 2.21 bits per heavy atom. The van der Waals surface area contributed by atoms with Crippen LogP contribution in [0.2, 0.25) is 0 Å². The fraction of sp³-hybridized carbons (Fsp3) is 0.321.